The zero-order valence-corrected chi connectivity index (χ0v) is 10.5. The number of hydrogen-bond donors (Lipinski definition) is 1. The molecule has 0 aromatic carbocycles. The first-order chi connectivity index (χ1) is 8.34. The summed E-state index contributed by atoms with van der Waals surface area (Å²) in [4.78, 5) is 1.16. The van der Waals surface area contributed by atoms with Crippen LogP contribution in [0.1, 0.15) is 31.4 Å². The molecular formula is C13H16N2OS. The molecule has 90 valence electrons. The summed E-state index contributed by atoms with van der Waals surface area (Å²) in [5, 5.41) is 6.20. The van der Waals surface area contributed by atoms with E-state index in [2.05, 4.69) is 16.6 Å². The minimum Gasteiger partial charge on any atom is -0.367 e. The van der Waals surface area contributed by atoms with Gasteiger partial charge < -0.3 is 10.3 Å². The lowest BCUT2D eigenvalue weighted by atomic mass is 9.99. The van der Waals surface area contributed by atoms with Crippen LogP contribution in [-0.4, -0.2) is 5.16 Å². The molecular weight excluding hydrogens is 232 g/mol. The lowest BCUT2D eigenvalue weighted by Gasteiger charge is -2.06. The van der Waals surface area contributed by atoms with Gasteiger partial charge in [0, 0.05) is 4.88 Å². The van der Waals surface area contributed by atoms with Gasteiger partial charge in [-0.15, -0.1) is 11.3 Å². The van der Waals surface area contributed by atoms with Crippen LogP contribution in [0.15, 0.2) is 22.0 Å². The van der Waals surface area contributed by atoms with Gasteiger partial charge in [-0.05, 0) is 23.8 Å². The van der Waals surface area contributed by atoms with E-state index in [1.807, 2.05) is 6.07 Å². The SMILES string of the molecule is Nc1onc(CC2CCCC2)c1-c1cccs1. The largest absolute Gasteiger partial charge is 0.367 e. The molecule has 1 aliphatic rings. The van der Waals surface area contributed by atoms with Crippen LogP contribution in [-0.2, 0) is 6.42 Å². The molecule has 0 aliphatic heterocycles. The van der Waals surface area contributed by atoms with Crippen molar-refractivity contribution in [2.24, 2.45) is 5.92 Å². The van der Waals surface area contributed by atoms with E-state index in [-0.39, 0.29) is 0 Å². The van der Waals surface area contributed by atoms with Crippen molar-refractivity contribution >= 4 is 17.2 Å². The summed E-state index contributed by atoms with van der Waals surface area (Å²) in [6.45, 7) is 0. The van der Waals surface area contributed by atoms with Crippen molar-refractivity contribution < 1.29 is 4.52 Å². The first-order valence-corrected chi connectivity index (χ1v) is 7.00. The molecule has 0 amide bonds. The maximum atomic E-state index is 5.88. The molecule has 1 saturated carbocycles. The summed E-state index contributed by atoms with van der Waals surface area (Å²) in [7, 11) is 0. The predicted molar refractivity (Wildman–Crippen MR) is 69.9 cm³/mol. The summed E-state index contributed by atoms with van der Waals surface area (Å²) in [6.07, 6.45) is 6.35. The summed E-state index contributed by atoms with van der Waals surface area (Å²) >= 11 is 1.69. The molecule has 2 aromatic heterocycles. The fourth-order valence-electron chi connectivity index (χ4n) is 2.65. The molecule has 4 heteroatoms. The van der Waals surface area contributed by atoms with Crippen molar-refractivity contribution in [3.8, 4) is 10.4 Å². The van der Waals surface area contributed by atoms with Gasteiger partial charge in [-0.25, -0.2) is 0 Å². The first kappa shape index (κ1) is 10.8. The summed E-state index contributed by atoms with van der Waals surface area (Å²) in [5.41, 5.74) is 7.94. The van der Waals surface area contributed by atoms with Crippen LogP contribution in [0, 0.1) is 5.92 Å². The standard InChI is InChI=1S/C13H16N2OS/c14-13-12(11-6-3-7-17-11)10(15-16-13)8-9-4-1-2-5-9/h3,6-7,9H,1-2,4-5,8,14H2. The van der Waals surface area contributed by atoms with Crippen molar-refractivity contribution in [1.82, 2.24) is 5.16 Å². The highest BCUT2D eigenvalue weighted by molar-refractivity contribution is 7.13. The summed E-state index contributed by atoms with van der Waals surface area (Å²) in [6, 6.07) is 4.11. The fraction of sp³-hybridized carbons (Fsp3) is 0.462. The van der Waals surface area contributed by atoms with E-state index >= 15 is 0 Å². The third kappa shape index (κ3) is 2.09. The third-order valence-corrected chi connectivity index (χ3v) is 4.40. The molecule has 0 atom stereocenters. The molecule has 17 heavy (non-hydrogen) atoms. The van der Waals surface area contributed by atoms with Gasteiger partial charge in [0.15, 0.2) is 0 Å². The normalized spacial score (nSPS) is 16.7. The van der Waals surface area contributed by atoms with E-state index in [1.165, 1.54) is 25.7 Å². The molecule has 2 N–H and O–H groups in total. The van der Waals surface area contributed by atoms with Crippen LogP contribution in [0.3, 0.4) is 0 Å². The van der Waals surface area contributed by atoms with Gasteiger partial charge in [-0.1, -0.05) is 36.9 Å². The monoisotopic (exact) mass is 248 g/mol. The van der Waals surface area contributed by atoms with E-state index in [0.717, 1.165) is 28.5 Å². The second-order valence-electron chi connectivity index (χ2n) is 4.70. The third-order valence-electron chi connectivity index (χ3n) is 3.51. The highest BCUT2D eigenvalue weighted by Crippen LogP contribution is 2.36. The average molecular weight is 248 g/mol. The maximum absolute atomic E-state index is 5.88. The zero-order valence-electron chi connectivity index (χ0n) is 9.69. The Balaban J connectivity index is 1.89. The number of rotatable bonds is 3. The fourth-order valence-corrected chi connectivity index (χ4v) is 3.45. The average Bonchev–Trinajstić information content (AvgIpc) is 3.01. The number of anilines is 1. The van der Waals surface area contributed by atoms with Gasteiger partial charge in [0.1, 0.15) is 0 Å². The molecule has 0 radical (unpaired) electrons. The molecule has 3 nitrogen and oxygen atoms in total. The molecule has 2 aromatic rings. The molecule has 0 saturated heterocycles. The Morgan fingerprint density at radius 1 is 1.41 bits per heavy atom. The topological polar surface area (TPSA) is 52.0 Å². The number of thiophene rings is 1. The Bertz CT molecular complexity index is 483. The van der Waals surface area contributed by atoms with Crippen molar-refractivity contribution in [1.29, 1.82) is 0 Å². The Labute approximate surface area is 105 Å². The summed E-state index contributed by atoms with van der Waals surface area (Å²) in [5.74, 6) is 1.22. The second-order valence-corrected chi connectivity index (χ2v) is 5.65. The minimum atomic E-state index is 0.459. The van der Waals surface area contributed by atoms with Crippen LogP contribution in [0.2, 0.25) is 0 Å². The number of nitrogens with zero attached hydrogens (tertiary/aromatic N) is 1. The highest BCUT2D eigenvalue weighted by Gasteiger charge is 2.22. The van der Waals surface area contributed by atoms with Gasteiger partial charge in [0.25, 0.3) is 0 Å². The quantitative estimate of drug-likeness (QED) is 0.900. The number of nitrogen functional groups attached to an aromatic ring is 1. The molecule has 0 bridgehead atoms. The van der Waals surface area contributed by atoms with Gasteiger partial charge in [0.05, 0.1) is 11.3 Å². The van der Waals surface area contributed by atoms with Crippen molar-refractivity contribution in [3.05, 3.63) is 23.2 Å². The molecule has 0 unspecified atom stereocenters. The van der Waals surface area contributed by atoms with E-state index in [1.54, 1.807) is 11.3 Å². The van der Waals surface area contributed by atoms with Gasteiger partial charge >= 0.3 is 0 Å². The molecule has 0 spiro atoms. The molecule has 1 aliphatic carbocycles. The maximum Gasteiger partial charge on any atom is 0.231 e. The van der Waals surface area contributed by atoms with Gasteiger partial charge in [0.2, 0.25) is 5.88 Å². The lowest BCUT2D eigenvalue weighted by Crippen LogP contribution is -2.00. The van der Waals surface area contributed by atoms with Gasteiger partial charge in [-0.3, -0.25) is 0 Å². The van der Waals surface area contributed by atoms with E-state index in [4.69, 9.17) is 10.3 Å². The Morgan fingerprint density at radius 3 is 2.94 bits per heavy atom. The second kappa shape index (κ2) is 4.53. The van der Waals surface area contributed by atoms with Crippen molar-refractivity contribution in [3.63, 3.8) is 0 Å². The number of hydrogen-bond acceptors (Lipinski definition) is 4. The highest BCUT2D eigenvalue weighted by atomic mass is 32.1. The first-order valence-electron chi connectivity index (χ1n) is 6.12. The van der Waals surface area contributed by atoms with Crippen LogP contribution < -0.4 is 5.73 Å². The molecule has 3 rings (SSSR count). The van der Waals surface area contributed by atoms with E-state index in [0.29, 0.717) is 5.88 Å². The van der Waals surface area contributed by atoms with Gasteiger partial charge in [-0.2, -0.15) is 0 Å². The van der Waals surface area contributed by atoms with Crippen LogP contribution in [0.5, 0.6) is 0 Å². The van der Waals surface area contributed by atoms with E-state index < -0.39 is 0 Å². The zero-order chi connectivity index (χ0) is 11.7. The Morgan fingerprint density at radius 2 is 2.24 bits per heavy atom. The minimum absolute atomic E-state index is 0.459. The lowest BCUT2D eigenvalue weighted by molar-refractivity contribution is 0.417. The Kier molecular flexibility index (Phi) is 2.89. The van der Waals surface area contributed by atoms with Crippen LogP contribution in [0.4, 0.5) is 5.88 Å². The number of nitrogens with two attached hydrogens (primary N) is 1. The summed E-state index contributed by atoms with van der Waals surface area (Å²) < 4.78 is 5.16. The molecule has 1 fully saturated rings. The number of aromatic nitrogens is 1. The molecule has 2 heterocycles. The predicted octanol–water partition coefficient (Wildman–Crippen LogP) is 3.72. The smallest absolute Gasteiger partial charge is 0.231 e. The van der Waals surface area contributed by atoms with E-state index in [9.17, 15) is 0 Å². The van der Waals surface area contributed by atoms with Crippen LogP contribution in [0.25, 0.3) is 10.4 Å². The van der Waals surface area contributed by atoms with Crippen molar-refractivity contribution in [2.45, 2.75) is 32.1 Å². The van der Waals surface area contributed by atoms with Crippen LogP contribution >= 0.6 is 11.3 Å². The van der Waals surface area contributed by atoms with Crippen molar-refractivity contribution in [2.75, 3.05) is 5.73 Å². The Hall–Kier alpha value is -1.29.